The van der Waals surface area contributed by atoms with Gasteiger partial charge in [0.15, 0.2) is 5.82 Å². The van der Waals surface area contributed by atoms with E-state index in [2.05, 4.69) is 20.2 Å². The molecule has 9 heteroatoms. The molecular formula is C15H12N4O4S. The van der Waals surface area contributed by atoms with Crippen molar-refractivity contribution >= 4 is 21.4 Å². The number of benzene rings is 1. The van der Waals surface area contributed by atoms with Crippen molar-refractivity contribution in [2.45, 2.75) is 16.3 Å². The van der Waals surface area contributed by atoms with E-state index in [1.807, 2.05) is 0 Å². The van der Waals surface area contributed by atoms with Crippen LogP contribution in [0.1, 0.15) is 16.2 Å². The molecule has 0 saturated carbocycles. The van der Waals surface area contributed by atoms with Crippen molar-refractivity contribution in [3.8, 4) is 0 Å². The SMILES string of the molecule is O=C(Cc1c[nH]c(S(=O)(=O)c2ccccc2)c1)C(=O)c1ncn[nH]1. The zero-order valence-electron chi connectivity index (χ0n) is 12.3. The van der Waals surface area contributed by atoms with Crippen molar-refractivity contribution in [3.63, 3.8) is 0 Å². The molecule has 24 heavy (non-hydrogen) atoms. The van der Waals surface area contributed by atoms with Gasteiger partial charge in [0.25, 0.3) is 5.78 Å². The molecule has 3 rings (SSSR count). The Balaban J connectivity index is 1.79. The van der Waals surface area contributed by atoms with Gasteiger partial charge in [0.2, 0.25) is 15.6 Å². The molecule has 0 aliphatic carbocycles. The molecule has 3 aromatic rings. The zero-order chi connectivity index (χ0) is 17.2. The largest absolute Gasteiger partial charge is 0.352 e. The number of sulfone groups is 1. The summed E-state index contributed by atoms with van der Waals surface area (Å²) in [5.74, 6) is -1.66. The fraction of sp³-hybridized carbons (Fsp3) is 0.0667. The predicted molar refractivity (Wildman–Crippen MR) is 82.1 cm³/mol. The highest BCUT2D eigenvalue weighted by molar-refractivity contribution is 7.91. The number of rotatable bonds is 6. The summed E-state index contributed by atoms with van der Waals surface area (Å²) in [7, 11) is -3.70. The maximum Gasteiger partial charge on any atom is 0.265 e. The van der Waals surface area contributed by atoms with Crippen LogP contribution in [0.2, 0.25) is 0 Å². The molecule has 0 amide bonds. The van der Waals surface area contributed by atoms with E-state index in [1.54, 1.807) is 18.2 Å². The molecule has 0 bridgehead atoms. The highest BCUT2D eigenvalue weighted by Gasteiger charge is 2.23. The van der Waals surface area contributed by atoms with Crippen molar-refractivity contribution in [2.24, 2.45) is 0 Å². The summed E-state index contributed by atoms with van der Waals surface area (Å²) in [6.45, 7) is 0. The van der Waals surface area contributed by atoms with Gasteiger partial charge in [0.1, 0.15) is 11.4 Å². The molecule has 0 spiro atoms. The first-order valence-electron chi connectivity index (χ1n) is 6.89. The van der Waals surface area contributed by atoms with Gasteiger partial charge < -0.3 is 4.98 Å². The first kappa shape index (κ1) is 15.8. The first-order valence-corrected chi connectivity index (χ1v) is 8.37. The Morgan fingerprint density at radius 1 is 1.12 bits per heavy atom. The van der Waals surface area contributed by atoms with Crippen LogP contribution in [0.4, 0.5) is 0 Å². The second-order valence-corrected chi connectivity index (χ2v) is 6.87. The number of nitrogens with one attached hydrogen (secondary N) is 2. The van der Waals surface area contributed by atoms with Crippen molar-refractivity contribution < 1.29 is 18.0 Å². The van der Waals surface area contributed by atoms with Crippen LogP contribution in [-0.2, 0) is 21.1 Å². The molecule has 2 aromatic heterocycles. The molecule has 0 atom stereocenters. The topological polar surface area (TPSA) is 126 Å². The predicted octanol–water partition coefficient (Wildman–Crippen LogP) is 0.960. The average molecular weight is 344 g/mol. The Hall–Kier alpha value is -3.07. The summed E-state index contributed by atoms with van der Waals surface area (Å²) in [4.78, 5) is 30.2. The number of carbonyl (C=O) groups excluding carboxylic acids is 2. The van der Waals surface area contributed by atoms with Crippen molar-refractivity contribution in [1.29, 1.82) is 0 Å². The number of ketones is 2. The van der Waals surface area contributed by atoms with E-state index in [4.69, 9.17) is 0 Å². The van der Waals surface area contributed by atoms with Gasteiger partial charge >= 0.3 is 0 Å². The molecule has 2 heterocycles. The molecule has 0 fully saturated rings. The monoisotopic (exact) mass is 344 g/mol. The maximum atomic E-state index is 12.4. The molecule has 2 N–H and O–H groups in total. The lowest BCUT2D eigenvalue weighted by Gasteiger charge is -2.00. The number of hydrogen-bond acceptors (Lipinski definition) is 6. The summed E-state index contributed by atoms with van der Waals surface area (Å²) in [6, 6.07) is 9.26. The van der Waals surface area contributed by atoms with Gasteiger partial charge in [-0.25, -0.2) is 13.4 Å². The number of nitrogens with zero attached hydrogens (tertiary/aromatic N) is 2. The highest BCUT2D eigenvalue weighted by atomic mass is 32.2. The third-order valence-electron chi connectivity index (χ3n) is 3.31. The van der Waals surface area contributed by atoms with Gasteiger partial charge in [-0.3, -0.25) is 14.7 Å². The molecule has 0 aliphatic rings. The summed E-state index contributed by atoms with van der Waals surface area (Å²) < 4.78 is 24.9. The van der Waals surface area contributed by atoms with Crippen LogP contribution in [0, 0.1) is 0 Å². The third kappa shape index (κ3) is 3.01. The lowest BCUT2D eigenvalue weighted by molar-refractivity contribution is -0.114. The van der Waals surface area contributed by atoms with E-state index in [0.29, 0.717) is 5.56 Å². The summed E-state index contributed by atoms with van der Waals surface area (Å²) in [5.41, 5.74) is 0.391. The maximum absolute atomic E-state index is 12.4. The van der Waals surface area contributed by atoms with Gasteiger partial charge in [0.05, 0.1) is 4.90 Å². The molecule has 0 unspecified atom stereocenters. The number of aromatic nitrogens is 4. The molecule has 0 aliphatic heterocycles. The van der Waals surface area contributed by atoms with E-state index < -0.39 is 21.4 Å². The third-order valence-corrected chi connectivity index (χ3v) is 5.01. The van der Waals surface area contributed by atoms with Crippen molar-refractivity contribution in [1.82, 2.24) is 20.2 Å². The molecule has 0 radical (unpaired) electrons. The van der Waals surface area contributed by atoms with Gasteiger partial charge in [0, 0.05) is 12.6 Å². The summed E-state index contributed by atoms with van der Waals surface area (Å²) in [6.07, 6.45) is 2.28. The number of carbonyl (C=O) groups is 2. The summed E-state index contributed by atoms with van der Waals surface area (Å²) in [5, 5.41) is 5.79. The first-order chi connectivity index (χ1) is 11.5. The Bertz CT molecular complexity index is 976. The standard InChI is InChI=1S/C15H12N4O4S/c20-12(14(21)15-17-9-18-19-15)6-10-7-13(16-8-10)24(22,23)11-4-2-1-3-5-11/h1-5,7-9,16H,6H2,(H,17,18,19). The average Bonchev–Trinajstić information content (AvgIpc) is 3.27. The second-order valence-electron chi connectivity index (χ2n) is 4.95. The molecule has 122 valence electrons. The van der Waals surface area contributed by atoms with E-state index >= 15 is 0 Å². The van der Waals surface area contributed by atoms with Crippen LogP contribution in [-0.4, -0.2) is 40.1 Å². The van der Waals surface area contributed by atoms with Crippen LogP contribution in [0.3, 0.4) is 0 Å². The van der Waals surface area contributed by atoms with Crippen molar-refractivity contribution in [3.05, 3.63) is 60.3 Å². The van der Waals surface area contributed by atoms with Crippen LogP contribution in [0.15, 0.2) is 58.8 Å². The van der Waals surface area contributed by atoms with E-state index in [1.165, 1.54) is 24.4 Å². The lowest BCUT2D eigenvalue weighted by atomic mass is 10.1. The molecule has 1 aromatic carbocycles. The van der Waals surface area contributed by atoms with E-state index in [-0.39, 0.29) is 22.2 Å². The van der Waals surface area contributed by atoms with Crippen LogP contribution < -0.4 is 0 Å². The van der Waals surface area contributed by atoms with Gasteiger partial charge in [-0.15, -0.1) is 0 Å². The lowest BCUT2D eigenvalue weighted by Crippen LogP contribution is -2.17. The van der Waals surface area contributed by atoms with Crippen LogP contribution in [0.5, 0.6) is 0 Å². The summed E-state index contributed by atoms with van der Waals surface area (Å²) >= 11 is 0. The minimum Gasteiger partial charge on any atom is -0.352 e. The number of H-pyrrole nitrogens is 2. The van der Waals surface area contributed by atoms with E-state index in [0.717, 1.165) is 6.33 Å². The molecule has 8 nitrogen and oxygen atoms in total. The van der Waals surface area contributed by atoms with Crippen LogP contribution >= 0.6 is 0 Å². The quantitative estimate of drug-likeness (QED) is 0.507. The fourth-order valence-electron chi connectivity index (χ4n) is 2.11. The van der Waals surface area contributed by atoms with Crippen LogP contribution in [0.25, 0.3) is 0 Å². The smallest absolute Gasteiger partial charge is 0.265 e. The Morgan fingerprint density at radius 3 is 2.54 bits per heavy atom. The van der Waals surface area contributed by atoms with Gasteiger partial charge in [-0.1, -0.05) is 18.2 Å². The molecular weight excluding hydrogens is 332 g/mol. The number of Topliss-reactive ketones (excluding diaryl/α,β-unsaturated/α-hetero) is 2. The Kier molecular flexibility index (Phi) is 4.09. The second kappa shape index (κ2) is 6.20. The minimum absolute atomic E-state index is 0.0383. The minimum atomic E-state index is -3.70. The number of hydrogen-bond donors (Lipinski definition) is 2. The van der Waals surface area contributed by atoms with Gasteiger partial charge in [-0.2, -0.15) is 5.10 Å². The Morgan fingerprint density at radius 2 is 1.88 bits per heavy atom. The van der Waals surface area contributed by atoms with Crippen molar-refractivity contribution in [2.75, 3.05) is 0 Å². The highest BCUT2D eigenvalue weighted by Crippen LogP contribution is 2.20. The zero-order valence-corrected chi connectivity index (χ0v) is 13.1. The normalized spacial score (nSPS) is 11.3. The molecule has 0 saturated heterocycles. The fourth-order valence-corrected chi connectivity index (χ4v) is 3.40. The number of aromatic amines is 2. The van der Waals surface area contributed by atoms with Gasteiger partial charge in [-0.05, 0) is 23.8 Å². The Labute approximate surface area is 136 Å². The van der Waals surface area contributed by atoms with E-state index in [9.17, 15) is 18.0 Å².